The van der Waals surface area contributed by atoms with Gasteiger partial charge in [-0.2, -0.15) is 9.97 Å². The Kier molecular flexibility index (Phi) is 11.3. The van der Waals surface area contributed by atoms with Gasteiger partial charge in [-0.15, -0.1) is 5.10 Å². The van der Waals surface area contributed by atoms with Crippen LogP contribution in [0.5, 0.6) is 6.01 Å². The zero-order valence-electron chi connectivity index (χ0n) is 26.2. The van der Waals surface area contributed by atoms with Crippen LogP contribution < -0.4 is 33.1 Å². The molecule has 0 aliphatic carbocycles. The summed E-state index contributed by atoms with van der Waals surface area (Å²) >= 11 is 0. The number of nitrogen functional groups attached to an aromatic ring is 1. The van der Waals surface area contributed by atoms with Crippen LogP contribution in [0.3, 0.4) is 0 Å². The summed E-state index contributed by atoms with van der Waals surface area (Å²) in [5, 5.41) is 10.8. The molecule has 0 bridgehead atoms. The second kappa shape index (κ2) is 15.8. The lowest BCUT2D eigenvalue weighted by atomic mass is 9.93. The first kappa shape index (κ1) is 33.0. The van der Waals surface area contributed by atoms with E-state index < -0.39 is 6.04 Å². The Morgan fingerprint density at radius 1 is 1.15 bits per heavy atom. The van der Waals surface area contributed by atoms with Crippen LogP contribution in [-0.4, -0.2) is 77.6 Å². The number of carbonyl (C=O) groups excluding carboxylic acids is 1. The van der Waals surface area contributed by atoms with E-state index in [1.54, 1.807) is 10.8 Å². The van der Waals surface area contributed by atoms with E-state index in [2.05, 4.69) is 59.4 Å². The molecule has 16 heteroatoms. The summed E-state index contributed by atoms with van der Waals surface area (Å²) in [6, 6.07) is 7.75. The van der Waals surface area contributed by atoms with Gasteiger partial charge < -0.3 is 26.5 Å². The highest BCUT2D eigenvalue weighted by atomic mass is 16.6. The van der Waals surface area contributed by atoms with Crippen molar-refractivity contribution >= 4 is 22.9 Å². The molecule has 0 radical (unpaired) electrons. The molecule has 5 rings (SSSR count). The van der Waals surface area contributed by atoms with Gasteiger partial charge in [-0.05, 0) is 55.8 Å². The number of rotatable bonds is 16. The summed E-state index contributed by atoms with van der Waals surface area (Å²) in [7, 11) is 0. The minimum atomic E-state index is -0.722. The van der Waals surface area contributed by atoms with Gasteiger partial charge in [0.05, 0.1) is 25.9 Å². The fourth-order valence-corrected chi connectivity index (χ4v) is 5.57. The molecule has 46 heavy (non-hydrogen) atoms. The van der Waals surface area contributed by atoms with Gasteiger partial charge in [0.15, 0.2) is 11.5 Å². The number of anilines is 1. The first-order valence-corrected chi connectivity index (χ1v) is 15.8. The van der Waals surface area contributed by atoms with Crippen molar-refractivity contribution in [2.24, 2.45) is 17.5 Å². The molecule has 1 aliphatic rings. The molecule has 1 saturated heterocycles. The molecule has 4 heterocycles. The number of H-pyrrole nitrogens is 1. The smallest absolute Gasteiger partial charge is 0.328 e. The van der Waals surface area contributed by atoms with Gasteiger partial charge in [-0.3, -0.25) is 23.8 Å². The van der Waals surface area contributed by atoms with Crippen molar-refractivity contribution in [2.45, 2.75) is 71.3 Å². The van der Waals surface area contributed by atoms with Crippen molar-refractivity contribution in [1.29, 1.82) is 0 Å². The number of nitrogens with one attached hydrogen (secondary N) is 2. The molecule has 1 aromatic carbocycles. The van der Waals surface area contributed by atoms with Crippen molar-refractivity contribution in [3.63, 3.8) is 0 Å². The standard InChI is InChI=1S/C30H44N12O4/c1-2-3-14-45-29-36-26(32)25-27(37-29)42(30(44)35-25)16-22-6-4-21(5-7-22)15-40-12-9-20(10-13-40)8-11-34-28(43)24(31)18-41-17-23(19-46-33)38-39-41/h4-7,17,20,24H,2-3,8-16,18-19,31,33H2,1H3,(H,34,43)(H,35,44)(H2,32,36,37). The van der Waals surface area contributed by atoms with E-state index in [9.17, 15) is 9.59 Å². The van der Waals surface area contributed by atoms with Gasteiger partial charge in [0, 0.05) is 13.1 Å². The fraction of sp³-hybridized carbons (Fsp3) is 0.533. The van der Waals surface area contributed by atoms with Gasteiger partial charge in [0.1, 0.15) is 23.9 Å². The average Bonchev–Trinajstić information content (AvgIpc) is 3.62. The molecular weight excluding hydrogens is 592 g/mol. The molecule has 1 aliphatic heterocycles. The van der Waals surface area contributed by atoms with Crippen LogP contribution in [0.4, 0.5) is 5.82 Å². The Hall–Kier alpha value is -4.38. The summed E-state index contributed by atoms with van der Waals surface area (Å²) in [5.41, 5.74) is 15.4. The lowest BCUT2D eigenvalue weighted by Crippen LogP contribution is -2.44. The number of nitrogens with two attached hydrogens (primary N) is 3. The lowest BCUT2D eigenvalue weighted by Gasteiger charge is -2.32. The van der Waals surface area contributed by atoms with Crippen molar-refractivity contribution < 1.29 is 14.4 Å². The molecule has 16 nitrogen and oxygen atoms in total. The van der Waals surface area contributed by atoms with Crippen LogP contribution in [0.25, 0.3) is 11.2 Å². The zero-order valence-corrected chi connectivity index (χ0v) is 26.2. The maximum atomic E-state index is 12.7. The average molecular weight is 637 g/mol. The number of hydrogen-bond donors (Lipinski definition) is 5. The monoisotopic (exact) mass is 636 g/mol. The number of carbonyl (C=O) groups is 1. The highest BCUT2D eigenvalue weighted by Gasteiger charge is 2.21. The molecule has 1 atom stereocenters. The SMILES string of the molecule is CCCCOc1nc(N)c2[nH]c(=O)n(Cc3ccc(CN4CCC(CCNC(=O)C(N)Cn5cc(CON)nn5)CC4)cc3)c2n1. The highest BCUT2D eigenvalue weighted by Crippen LogP contribution is 2.22. The molecule has 8 N–H and O–H groups in total. The summed E-state index contributed by atoms with van der Waals surface area (Å²) in [4.78, 5) is 43.6. The predicted molar refractivity (Wildman–Crippen MR) is 171 cm³/mol. The second-order valence-electron chi connectivity index (χ2n) is 11.8. The highest BCUT2D eigenvalue weighted by molar-refractivity contribution is 5.82. The van der Waals surface area contributed by atoms with E-state index in [0.29, 0.717) is 42.5 Å². The molecule has 3 aromatic heterocycles. The predicted octanol–water partition coefficient (Wildman–Crippen LogP) is 0.657. The van der Waals surface area contributed by atoms with Crippen molar-refractivity contribution in [3.8, 4) is 6.01 Å². The number of aromatic amines is 1. The van der Waals surface area contributed by atoms with Gasteiger partial charge in [-0.1, -0.05) is 42.8 Å². The Morgan fingerprint density at radius 3 is 2.61 bits per heavy atom. The maximum Gasteiger partial charge on any atom is 0.328 e. The van der Waals surface area contributed by atoms with Crippen molar-refractivity contribution in [2.75, 3.05) is 32.0 Å². The van der Waals surface area contributed by atoms with Crippen molar-refractivity contribution in [1.82, 2.24) is 44.7 Å². The van der Waals surface area contributed by atoms with Crippen LogP contribution >= 0.6 is 0 Å². The number of amides is 1. The van der Waals surface area contributed by atoms with Crippen molar-refractivity contribution in [3.05, 3.63) is 57.8 Å². The van der Waals surface area contributed by atoms with Gasteiger partial charge in [0.2, 0.25) is 5.91 Å². The first-order valence-electron chi connectivity index (χ1n) is 15.8. The molecule has 1 amide bonds. The number of nitrogens with zero attached hydrogens (tertiary/aromatic N) is 7. The third-order valence-corrected chi connectivity index (χ3v) is 8.23. The molecule has 1 unspecified atom stereocenters. The number of unbranched alkanes of at least 4 members (excludes halogenated alkanes) is 1. The van der Waals surface area contributed by atoms with E-state index in [1.807, 2.05) is 12.1 Å². The molecule has 248 valence electrons. The molecule has 4 aromatic rings. The summed E-state index contributed by atoms with van der Waals surface area (Å²) < 4.78 is 8.71. The molecule has 0 saturated carbocycles. The van der Waals surface area contributed by atoms with E-state index in [0.717, 1.165) is 57.3 Å². The van der Waals surface area contributed by atoms with Crippen LogP contribution in [-0.2, 0) is 35.9 Å². The number of imidazole rings is 1. The van der Waals surface area contributed by atoms with E-state index in [-0.39, 0.29) is 36.6 Å². The minimum absolute atomic E-state index is 0.145. The first-order chi connectivity index (χ1) is 22.3. The maximum absolute atomic E-state index is 12.7. The van der Waals surface area contributed by atoms with E-state index in [1.165, 1.54) is 10.2 Å². The Balaban J connectivity index is 1.05. The third-order valence-electron chi connectivity index (χ3n) is 8.23. The number of hydrogen-bond acceptors (Lipinski definition) is 12. The molecular formula is C30H44N12O4. The zero-order chi connectivity index (χ0) is 32.5. The van der Waals surface area contributed by atoms with Crippen LogP contribution in [0.2, 0.25) is 0 Å². The van der Waals surface area contributed by atoms with E-state index in [4.69, 9.17) is 22.1 Å². The Labute approximate surface area is 266 Å². The number of likely N-dealkylation sites (tertiary alicyclic amines) is 1. The lowest BCUT2D eigenvalue weighted by molar-refractivity contribution is -0.122. The van der Waals surface area contributed by atoms with Crippen LogP contribution in [0, 0.1) is 5.92 Å². The summed E-state index contributed by atoms with van der Waals surface area (Å²) in [6.45, 7) is 6.72. The Morgan fingerprint density at radius 2 is 1.89 bits per heavy atom. The number of fused-ring (bicyclic) bond motifs is 1. The van der Waals surface area contributed by atoms with Gasteiger partial charge in [-0.25, -0.2) is 10.7 Å². The molecule has 0 spiro atoms. The number of aromatic nitrogens is 7. The topological polar surface area (TPSA) is 223 Å². The number of ether oxygens (including phenoxy) is 1. The van der Waals surface area contributed by atoms with Crippen LogP contribution in [0.15, 0.2) is 35.3 Å². The van der Waals surface area contributed by atoms with Gasteiger partial charge >= 0.3 is 11.7 Å². The minimum Gasteiger partial charge on any atom is -0.463 e. The normalized spacial score (nSPS) is 14.9. The number of benzene rings is 1. The fourth-order valence-electron chi connectivity index (χ4n) is 5.57. The largest absolute Gasteiger partial charge is 0.463 e. The third kappa shape index (κ3) is 8.66. The Bertz CT molecular complexity index is 1630. The summed E-state index contributed by atoms with van der Waals surface area (Å²) in [6.07, 6.45) is 6.58. The number of piperidine rings is 1. The molecule has 1 fully saturated rings. The van der Waals surface area contributed by atoms with Crippen LogP contribution in [0.1, 0.15) is 55.8 Å². The second-order valence-corrected chi connectivity index (χ2v) is 11.8. The van der Waals surface area contributed by atoms with E-state index >= 15 is 0 Å². The van der Waals surface area contributed by atoms with Gasteiger partial charge in [0.25, 0.3) is 0 Å². The quantitative estimate of drug-likeness (QED) is 0.0845. The summed E-state index contributed by atoms with van der Waals surface area (Å²) in [5.74, 6) is 5.58.